The lowest BCUT2D eigenvalue weighted by Crippen LogP contribution is -2.46. The molecule has 1 N–H and O–H groups in total. The lowest BCUT2D eigenvalue weighted by molar-refractivity contribution is -0.126. The molecule has 0 unspecified atom stereocenters. The molecular formula is C14H14ClFN2O2. The van der Waals surface area contributed by atoms with Crippen LogP contribution < -0.4 is 5.32 Å². The van der Waals surface area contributed by atoms with E-state index in [0.717, 1.165) is 12.8 Å². The maximum Gasteiger partial charge on any atom is 0.325 e. The minimum atomic E-state index is -0.771. The number of nitrogens with one attached hydrogen (secondary N) is 1. The van der Waals surface area contributed by atoms with E-state index in [4.69, 9.17) is 11.6 Å². The van der Waals surface area contributed by atoms with Gasteiger partial charge in [0.25, 0.3) is 5.91 Å². The van der Waals surface area contributed by atoms with Crippen molar-refractivity contribution in [2.45, 2.75) is 37.8 Å². The third-order valence-electron chi connectivity index (χ3n) is 4.17. The predicted octanol–water partition coefficient (Wildman–Crippen LogP) is 2.84. The summed E-state index contributed by atoms with van der Waals surface area (Å²) in [6, 6.07) is 3.62. The number of hydrogen-bond acceptors (Lipinski definition) is 2. The highest BCUT2D eigenvalue weighted by Gasteiger charge is 2.53. The normalized spacial score (nSPS) is 20.8. The number of benzene rings is 1. The quantitative estimate of drug-likeness (QED) is 0.853. The van der Waals surface area contributed by atoms with Crippen molar-refractivity contribution in [3.05, 3.63) is 34.6 Å². The first kappa shape index (κ1) is 13.4. The smallest absolute Gasteiger partial charge is 0.305 e. The highest BCUT2D eigenvalue weighted by molar-refractivity contribution is 6.31. The number of hydrogen-bond donors (Lipinski definition) is 1. The van der Waals surface area contributed by atoms with Gasteiger partial charge < -0.3 is 4.90 Å². The van der Waals surface area contributed by atoms with Gasteiger partial charge in [0.1, 0.15) is 11.4 Å². The third kappa shape index (κ3) is 1.97. The number of imide groups is 1. The van der Waals surface area contributed by atoms with E-state index in [2.05, 4.69) is 5.32 Å². The van der Waals surface area contributed by atoms with Crippen molar-refractivity contribution in [1.29, 1.82) is 0 Å². The number of carbonyl (C=O) groups is 2. The molecule has 1 aromatic rings. The number of rotatable bonds is 2. The molecule has 2 aliphatic rings. The fraction of sp³-hybridized carbons (Fsp3) is 0.429. The van der Waals surface area contributed by atoms with Crippen molar-refractivity contribution in [3.8, 4) is 0 Å². The topological polar surface area (TPSA) is 49.4 Å². The fourth-order valence-electron chi connectivity index (χ4n) is 3.11. The van der Waals surface area contributed by atoms with Gasteiger partial charge in [-0.2, -0.15) is 0 Å². The molecule has 6 heteroatoms. The molecule has 4 nitrogen and oxygen atoms in total. The van der Waals surface area contributed by atoms with E-state index in [-0.39, 0.29) is 12.5 Å². The summed E-state index contributed by atoms with van der Waals surface area (Å²) in [4.78, 5) is 25.6. The molecule has 1 spiro atoms. The Bertz CT molecular complexity index is 585. The lowest BCUT2D eigenvalue weighted by Gasteiger charge is -2.31. The van der Waals surface area contributed by atoms with E-state index in [9.17, 15) is 14.0 Å². The summed E-state index contributed by atoms with van der Waals surface area (Å²) in [5, 5.41) is 2.76. The third-order valence-corrected chi connectivity index (χ3v) is 4.54. The fourth-order valence-corrected chi connectivity index (χ4v) is 3.29. The van der Waals surface area contributed by atoms with Crippen LogP contribution in [0.5, 0.6) is 0 Å². The largest absolute Gasteiger partial charge is 0.325 e. The minimum Gasteiger partial charge on any atom is -0.305 e. The van der Waals surface area contributed by atoms with Crippen molar-refractivity contribution in [2.75, 3.05) is 0 Å². The molecule has 1 aromatic carbocycles. The first-order valence-corrected chi connectivity index (χ1v) is 6.98. The highest BCUT2D eigenvalue weighted by atomic mass is 35.5. The summed E-state index contributed by atoms with van der Waals surface area (Å²) in [5.74, 6) is -0.650. The molecule has 1 heterocycles. The van der Waals surface area contributed by atoms with Crippen molar-refractivity contribution < 1.29 is 14.0 Å². The molecular weight excluding hydrogens is 283 g/mol. The SMILES string of the molecule is O=C1NC(=O)C2(CCCC2)N1Cc1cc(F)ccc1Cl. The summed E-state index contributed by atoms with van der Waals surface area (Å²) < 4.78 is 13.3. The Hall–Kier alpha value is -1.62. The van der Waals surface area contributed by atoms with Crippen molar-refractivity contribution in [2.24, 2.45) is 0 Å². The monoisotopic (exact) mass is 296 g/mol. The maximum absolute atomic E-state index is 13.3. The van der Waals surface area contributed by atoms with Gasteiger partial charge in [0.15, 0.2) is 0 Å². The molecule has 1 saturated heterocycles. The molecule has 0 radical (unpaired) electrons. The van der Waals surface area contributed by atoms with Gasteiger partial charge in [-0.05, 0) is 36.6 Å². The molecule has 20 heavy (non-hydrogen) atoms. The molecule has 106 valence electrons. The molecule has 3 rings (SSSR count). The molecule has 3 amide bonds. The predicted molar refractivity (Wildman–Crippen MR) is 71.7 cm³/mol. The molecule has 1 saturated carbocycles. The van der Waals surface area contributed by atoms with Crippen LogP contribution in [0, 0.1) is 5.82 Å². The Morgan fingerprint density at radius 3 is 2.70 bits per heavy atom. The van der Waals surface area contributed by atoms with E-state index in [1.807, 2.05) is 0 Å². The number of urea groups is 1. The molecule has 2 fully saturated rings. The van der Waals surface area contributed by atoms with Crippen LogP contribution in [0.2, 0.25) is 5.02 Å². The zero-order valence-electron chi connectivity index (χ0n) is 10.8. The molecule has 0 aromatic heterocycles. The van der Waals surface area contributed by atoms with E-state index >= 15 is 0 Å². The average molecular weight is 297 g/mol. The Balaban J connectivity index is 1.94. The standard InChI is InChI=1S/C14H14ClFN2O2/c15-11-4-3-10(16)7-9(11)8-18-13(20)17-12(19)14(18)5-1-2-6-14/h3-4,7H,1-2,5-6,8H2,(H,17,19,20). The zero-order valence-corrected chi connectivity index (χ0v) is 11.5. The van der Waals surface area contributed by atoms with Crippen molar-refractivity contribution >= 4 is 23.5 Å². The van der Waals surface area contributed by atoms with Crippen LogP contribution in [0.1, 0.15) is 31.2 Å². The number of halogens is 2. The van der Waals surface area contributed by atoms with Crippen LogP contribution in [0.25, 0.3) is 0 Å². The Morgan fingerprint density at radius 2 is 2.00 bits per heavy atom. The Morgan fingerprint density at radius 1 is 1.30 bits per heavy atom. The van der Waals surface area contributed by atoms with Crippen LogP contribution >= 0.6 is 11.6 Å². The van der Waals surface area contributed by atoms with Crippen LogP contribution in [0.4, 0.5) is 9.18 Å². The molecule has 1 aliphatic heterocycles. The van der Waals surface area contributed by atoms with Crippen molar-refractivity contribution in [3.63, 3.8) is 0 Å². The summed E-state index contributed by atoms with van der Waals surface area (Å²) in [6.07, 6.45) is 3.12. The summed E-state index contributed by atoms with van der Waals surface area (Å²) in [6.45, 7) is 0.147. The highest BCUT2D eigenvalue weighted by Crippen LogP contribution is 2.40. The minimum absolute atomic E-state index is 0.147. The number of carbonyl (C=O) groups excluding carboxylic acids is 2. The number of amides is 3. The second kappa shape index (κ2) is 4.74. The van der Waals surface area contributed by atoms with Gasteiger partial charge in [0.05, 0.1) is 6.54 Å². The second-order valence-corrected chi connectivity index (χ2v) is 5.73. The van der Waals surface area contributed by atoms with Gasteiger partial charge >= 0.3 is 6.03 Å². The van der Waals surface area contributed by atoms with E-state index in [1.165, 1.54) is 23.1 Å². The average Bonchev–Trinajstić information content (AvgIpc) is 2.97. The Kier molecular flexibility index (Phi) is 3.17. The van der Waals surface area contributed by atoms with Crippen LogP contribution in [0.15, 0.2) is 18.2 Å². The number of nitrogens with zero attached hydrogens (tertiary/aromatic N) is 1. The zero-order chi connectivity index (χ0) is 14.3. The van der Waals surface area contributed by atoms with E-state index in [1.54, 1.807) is 0 Å². The van der Waals surface area contributed by atoms with Crippen LogP contribution in [0.3, 0.4) is 0 Å². The van der Waals surface area contributed by atoms with E-state index in [0.29, 0.717) is 23.4 Å². The summed E-state index contributed by atoms with van der Waals surface area (Å²) in [7, 11) is 0. The van der Waals surface area contributed by atoms with Gasteiger partial charge in [-0.25, -0.2) is 9.18 Å². The first-order chi connectivity index (χ1) is 9.53. The van der Waals surface area contributed by atoms with Crippen molar-refractivity contribution in [1.82, 2.24) is 10.2 Å². The van der Waals surface area contributed by atoms with Gasteiger partial charge in [-0.15, -0.1) is 0 Å². The van der Waals surface area contributed by atoms with Gasteiger partial charge in [0.2, 0.25) is 0 Å². The molecule has 1 aliphatic carbocycles. The maximum atomic E-state index is 13.3. The lowest BCUT2D eigenvalue weighted by atomic mass is 9.95. The van der Waals surface area contributed by atoms with E-state index < -0.39 is 17.4 Å². The van der Waals surface area contributed by atoms with Crippen LogP contribution in [-0.4, -0.2) is 22.4 Å². The first-order valence-electron chi connectivity index (χ1n) is 6.60. The van der Waals surface area contributed by atoms with Gasteiger partial charge in [-0.3, -0.25) is 10.1 Å². The molecule has 0 bridgehead atoms. The van der Waals surface area contributed by atoms with Gasteiger partial charge in [0, 0.05) is 5.02 Å². The summed E-state index contributed by atoms with van der Waals surface area (Å²) in [5.41, 5.74) is -0.255. The second-order valence-electron chi connectivity index (χ2n) is 5.32. The molecule has 0 atom stereocenters. The Labute approximate surface area is 120 Å². The summed E-state index contributed by atoms with van der Waals surface area (Å²) >= 11 is 6.04. The van der Waals surface area contributed by atoms with Gasteiger partial charge in [-0.1, -0.05) is 24.4 Å². The van der Waals surface area contributed by atoms with Crippen LogP contribution in [-0.2, 0) is 11.3 Å².